The highest BCUT2D eigenvalue weighted by atomic mass is 127. The number of methoxy groups -OCH3 is 1. The maximum atomic E-state index is 5.12. The first-order valence-corrected chi connectivity index (χ1v) is 7.55. The lowest BCUT2D eigenvalue weighted by molar-refractivity contribution is 0.394. The molecule has 0 aliphatic heterocycles. The number of anilines is 2. The number of aromatic nitrogens is 2. The van der Waals surface area contributed by atoms with Crippen LogP contribution in [0.4, 0.5) is 11.6 Å². The number of nitrogens with zero attached hydrogens (tertiary/aromatic N) is 2. The Morgan fingerprint density at radius 2 is 2.06 bits per heavy atom. The summed E-state index contributed by atoms with van der Waals surface area (Å²) in [6.45, 7) is 0. The van der Waals surface area contributed by atoms with E-state index in [-0.39, 0.29) is 0 Å². The van der Waals surface area contributed by atoms with Gasteiger partial charge >= 0.3 is 0 Å². The quantitative estimate of drug-likeness (QED) is 0.658. The summed E-state index contributed by atoms with van der Waals surface area (Å²) in [7, 11) is 1.57. The van der Waals surface area contributed by atoms with E-state index in [4.69, 9.17) is 4.74 Å². The van der Waals surface area contributed by atoms with Crippen molar-refractivity contribution >= 4 is 66.1 Å². The zero-order valence-electron chi connectivity index (χ0n) is 9.25. The monoisotopic (exact) mass is 483 g/mol. The average Bonchev–Trinajstić information content (AvgIpc) is 2.36. The molecule has 1 aromatic carbocycles. The molecule has 1 N–H and O–H groups in total. The summed E-state index contributed by atoms with van der Waals surface area (Å²) in [5, 5.41) is 3.13. The third-order valence-corrected chi connectivity index (χ3v) is 4.95. The third kappa shape index (κ3) is 3.33. The molecule has 2 rings (SSSR count). The molecule has 0 aliphatic rings. The topological polar surface area (TPSA) is 47.0 Å². The van der Waals surface area contributed by atoms with Crippen molar-refractivity contribution < 1.29 is 4.74 Å². The van der Waals surface area contributed by atoms with Crippen LogP contribution in [0.15, 0.2) is 33.3 Å². The average molecular weight is 485 g/mol. The summed E-state index contributed by atoms with van der Waals surface area (Å²) in [6.07, 6.45) is 1.65. The smallest absolute Gasteiger partial charge is 0.232 e. The molecule has 0 aliphatic carbocycles. The van der Waals surface area contributed by atoms with Gasteiger partial charge in [-0.15, -0.1) is 0 Å². The maximum Gasteiger partial charge on any atom is 0.232 e. The molecule has 0 amide bonds. The lowest BCUT2D eigenvalue weighted by Crippen LogP contribution is -1.99. The third-order valence-electron chi connectivity index (χ3n) is 2.08. The summed E-state index contributed by atoms with van der Waals surface area (Å²) < 4.78 is 8.01. The fourth-order valence-electron chi connectivity index (χ4n) is 1.26. The second-order valence-electron chi connectivity index (χ2n) is 3.30. The lowest BCUT2D eigenvalue weighted by Gasteiger charge is -2.08. The van der Waals surface area contributed by atoms with Crippen molar-refractivity contribution in [3.63, 3.8) is 0 Å². The summed E-state index contributed by atoms with van der Waals surface area (Å²) >= 11 is 9.02. The molecule has 0 saturated heterocycles. The minimum absolute atomic E-state index is 0.494. The van der Waals surface area contributed by atoms with Crippen LogP contribution in [0, 0.1) is 3.57 Å². The van der Waals surface area contributed by atoms with Crippen LogP contribution in [0.25, 0.3) is 0 Å². The summed E-state index contributed by atoms with van der Waals surface area (Å²) in [6, 6.07) is 5.92. The highest BCUT2D eigenvalue weighted by Gasteiger charge is 2.06. The van der Waals surface area contributed by atoms with Gasteiger partial charge in [0.2, 0.25) is 11.8 Å². The van der Waals surface area contributed by atoms with Crippen LogP contribution in [0.1, 0.15) is 0 Å². The highest BCUT2D eigenvalue weighted by Crippen LogP contribution is 2.26. The van der Waals surface area contributed by atoms with E-state index in [1.807, 2.05) is 18.2 Å². The van der Waals surface area contributed by atoms with E-state index in [1.54, 1.807) is 13.3 Å². The first kappa shape index (κ1) is 14.0. The molecule has 2 aromatic rings. The van der Waals surface area contributed by atoms with Gasteiger partial charge in [-0.05, 0) is 72.6 Å². The SMILES string of the molecule is COc1nc(Nc2ccc(Br)c(I)c2)ncc1Br. The molecule has 0 bridgehead atoms. The van der Waals surface area contributed by atoms with Gasteiger partial charge in [-0.1, -0.05) is 0 Å². The number of benzene rings is 1. The van der Waals surface area contributed by atoms with Crippen molar-refractivity contribution in [3.05, 3.63) is 36.9 Å². The van der Waals surface area contributed by atoms with E-state index >= 15 is 0 Å². The first-order chi connectivity index (χ1) is 8.60. The zero-order valence-corrected chi connectivity index (χ0v) is 14.6. The van der Waals surface area contributed by atoms with Crippen LogP contribution in [-0.4, -0.2) is 17.1 Å². The molecular weight excluding hydrogens is 477 g/mol. The van der Waals surface area contributed by atoms with E-state index < -0.39 is 0 Å². The predicted octanol–water partition coefficient (Wildman–Crippen LogP) is 4.36. The van der Waals surface area contributed by atoms with E-state index in [0.717, 1.165) is 18.2 Å². The summed E-state index contributed by atoms with van der Waals surface area (Å²) in [5.41, 5.74) is 0.923. The van der Waals surface area contributed by atoms with Crippen molar-refractivity contribution in [1.82, 2.24) is 9.97 Å². The number of rotatable bonds is 3. The fourth-order valence-corrected chi connectivity index (χ4v) is 2.37. The van der Waals surface area contributed by atoms with Gasteiger partial charge < -0.3 is 10.1 Å². The molecule has 18 heavy (non-hydrogen) atoms. The normalized spacial score (nSPS) is 10.2. The lowest BCUT2D eigenvalue weighted by atomic mass is 10.3. The van der Waals surface area contributed by atoms with E-state index in [1.165, 1.54) is 0 Å². The molecular formula is C11H8Br2IN3O. The summed E-state index contributed by atoms with van der Waals surface area (Å²) in [5.74, 6) is 0.993. The van der Waals surface area contributed by atoms with Crippen molar-refractivity contribution in [1.29, 1.82) is 0 Å². The van der Waals surface area contributed by atoms with Crippen LogP contribution >= 0.6 is 54.5 Å². The minimum atomic E-state index is 0.494. The van der Waals surface area contributed by atoms with Crippen LogP contribution in [0.5, 0.6) is 5.88 Å². The van der Waals surface area contributed by atoms with Crippen LogP contribution in [0.3, 0.4) is 0 Å². The first-order valence-electron chi connectivity index (χ1n) is 4.89. The summed E-state index contributed by atoms with van der Waals surface area (Å²) in [4.78, 5) is 8.40. The Kier molecular flexibility index (Phi) is 4.79. The van der Waals surface area contributed by atoms with Gasteiger partial charge in [0.15, 0.2) is 0 Å². The molecule has 0 fully saturated rings. The molecule has 1 heterocycles. The van der Waals surface area contributed by atoms with Gasteiger partial charge in [-0.25, -0.2) is 4.98 Å². The molecule has 0 unspecified atom stereocenters. The number of nitrogens with one attached hydrogen (secondary N) is 1. The van der Waals surface area contributed by atoms with Gasteiger partial charge in [0.25, 0.3) is 0 Å². The Balaban J connectivity index is 2.25. The molecule has 0 atom stereocenters. The molecule has 7 heteroatoms. The van der Waals surface area contributed by atoms with Gasteiger partial charge in [0, 0.05) is 13.7 Å². The Labute approximate surface area is 135 Å². The van der Waals surface area contributed by atoms with Gasteiger partial charge in [-0.3, -0.25) is 0 Å². The predicted molar refractivity (Wildman–Crippen MR) is 86.4 cm³/mol. The van der Waals surface area contributed by atoms with E-state index in [9.17, 15) is 0 Å². The van der Waals surface area contributed by atoms with Gasteiger partial charge in [0.05, 0.1) is 17.8 Å². The Morgan fingerprint density at radius 1 is 1.28 bits per heavy atom. The van der Waals surface area contributed by atoms with Crippen molar-refractivity contribution in [2.24, 2.45) is 0 Å². The van der Waals surface area contributed by atoms with E-state index in [0.29, 0.717) is 11.8 Å². The molecule has 0 saturated carbocycles. The molecule has 1 aromatic heterocycles. The largest absolute Gasteiger partial charge is 0.480 e. The van der Waals surface area contributed by atoms with Crippen LogP contribution < -0.4 is 10.1 Å². The molecule has 94 valence electrons. The van der Waals surface area contributed by atoms with Crippen molar-refractivity contribution in [2.45, 2.75) is 0 Å². The van der Waals surface area contributed by atoms with Crippen LogP contribution in [0.2, 0.25) is 0 Å². The van der Waals surface area contributed by atoms with Gasteiger partial charge in [0.1, 0.15) is 0 Å². The minimum Gasteiger partial charge on any atom is -0.480 e. The van der Waals surface area contributed by atoms with Crippen molar-refractivity contribution in [3.8, 4) is 5.88 Å². The highest BCUT2D eigenvalue weighted by molar-refractivity contribution is 14.1. The zero-order chi connectivity index (χ0) is 13.1. The number of ether oxygens (including phenoxy) is 1. The standard InChI is InChI=1S/C11H8Br2IN3O/c1-18-10-8(13)5-15-11(17-10)16-6-2-3-7(12)9(14)4-6/h2-5H,1H3,(H,15,16,17). The second kappa shape index (κ2) is 6.16. The number of hydrogen-bond acceptors (Lipinski definition) is 4. The molecule has 4 nitrogen and oxygen atoms in total. The number of halogens is 3. The van der Waals surface area contributed by atoms with Crippen molar-refractivity contribution in [2.75, 3.05) is 12.4 Å². The Morgan fingerprint density at radius 3 is 2.72 bits per heavy atom. The van der Waals surface area contributed by atoms with E-state index in [2.05, 4.69) is 69.7 Å². The fraction of sp³-hybridized carbons (Fsp3) is 0.0909. The number of hydrogen-bond donors (Lipinski definition) is 1. The van der Waals surface area contributed by atoms with Gasteiger partial charge in [-0.2, -0.15) is 4.98 Å². The Hall–Kier alpha value is -0.410. The maximum absolute atomic E-state index is 5.12. The van der Waals surface area contributed by atoms with Crippen LogP contribution in [-0.2, 0) is 0 Å². The molecule has 0 spiro atoms. The second-order valence-corrected chi connectivity index (χ2v) is 6.18. The molecule has 0 radical (unpaired) electrons. The Bertz CT molecular complexity index is 580.